The van der Waals surface area contributed by atoms with Crippen molar-refractivity contribution in [2.24, 2.45) is 0 Å². The summed E-state index contributed by atoms with van der Waals surface area (Å²) in [6.07, 6.45) is -3.12. The Kier molecular flexibility index (Phi) is 4.18. The molecular weight excluding hydrogens is 257 g/mol. The van der Waals surface area contributed by atoms with E-state index in [0.717, 1.165) is 0 Å². The summed E-state index contributed by atoms with van der Waals surface area (Å²) in [5.74, 6) is -2.81. The second kappa shape index (κ2) is 5.43. The lowest BCUT2D eigenvalue weighted by atomic mass is 10.1. The molecule has 18 heavy (non-hydrogen) atoms. The van der Waals surface area contributed by atoms with Crippen molar-refractivity contribution in [2.75, 3.05) is 6.61 Å². The van der Waals surface area contributed by atoms with Gasteiger partial charge in [-0.25, -0.2) is 22.9 Å². The van der Waals surface area contributed by atoms with Crippen molar-refractivity contribution in [3.05, 3.63) is 33.4 Å². The van der Waals surface area contributed by atoms with Crippen LogP contribution >= 0.6 is 0 Å². The molecule has 0 radical (unpaired) electrons. The van der Waals surface area contributed by atoms with E-state index in [1.54, 1.807) is 0 Å². The van der Waals surface area contributed by atoms with Crippen LogP contribution in [-0.2, 0) is 4.74 Å². The Morgan fingerprint density at radius 3 is 2.67 bits per heavy atom. The molecule has 1 heterocycles. The normalized spacial score (nSPS) is 10.5. The van der Waals surface area contributed by atoms with Crippen LogP contribution in [0.1, 0.15) is 29.4 Å². The Hall–Kier alpha value is -2.19. The molecule has 0 fully saturated rings. The number of nitrogens with zero attached hydrogens (tertiary/aromatic N) is 2. The number of nitro groups is 1. The van der Waals surface area contributed by atoms with Crippen LogP contribution < -0.4 is 0 Å². The minimum absolute atomic E-state index is 0.126. The summed E-state index contributed by atoms with van der Waals surface area (Å²) in [4.78, 5) is 23.8. The molecule has 0 atom stereocenters. The van der Waals surface area contributed by atoms with Gasteiger partial charge in [-0.05, 0) is 6.92 Å². The van der Waals surface area contributed by atoms with E-state index < -0.39 is 40.1 Å². The van der Waals surface area contributed by atoms with Gasteiger partial charge in [0.1, 0.15) is 5.56 Å². The van der Waals surface area contributed by atoms with Gasteiger partial charge in [0.2, 0.25) is 5.69 Å². The molecule has 0 saturated heterocycles. The fourth-order valence-electron chi connectivity index (χ4n) is 1.23. The first-order valence-electron chi connectivity index (χ1n) is 4.68. The second-order valence-electron chi connectivity index (χ2n) is 3.00. The molecule has 0 unspecified atom stereocenters. The summed E-state index contributed by atoms with van der Waals surface area (Å²) >= 11 is 0. The van der Waals surface area contributed by atoms with Crippen molar-refractivity contribution in [1.29, 1.82) is 0 Å². The van der Waals surface area contributed by atoms with Crippen molar-refractivity contribution >= 4 is 11.7 Å². The maximum Gasteiger partial charge on any atom is 0.364 e. The minimum atomic E-state index is -3.44. The first-order valence-corrected chi connectivity index (χ1v) is 4.68. The van der Waals surface area contributed by atoms with Crippen LogP contribution in [-0.4, -0.2) is 22.5 Å². The van der Waals surface area contributed by atoms with E-state index in [2.05, 4.69) is 9.72 Å². The Bertz CT molecular complexity index is 493. The number of carbonyl (C=O) groups is 1. The molecule has 98 valence electrons. The topological polar surface area (TPSA) is 82.3 Å². The molecule has 6 nitrogen and oxygen atoms in total. The van der Waals surface area contributed by atoms with Crippen LogP contribution in [0.4, 0.5) is 18.9 Å². The van der Waals surface area contributed by atoms with Gasteiger partial charge in [-0.3, -0.25) is 10.1 Å². The number of ether oxygens (including phenoxy) is 1. The molecule has 1 aromatic rings. The minimum Gasteiger partial charge on any atom is -0.461 e. The molecule has 0 saturated carbocycles. The number of hydrogen-bond donors (Lipinski definition) is 0. The molecule has 0 amide bonds. The van der Waals surface area contributed by atoms with Crippen LogP contribution in [0.2, 0.25) is 0 Å². The summed E-state index contributed by atoms with van der Waals surface area (Å²) in [5.41, 5.74) is -3.79. The maximum absolute atomic E-state index is 13.1. The number of rotatable bonds is 4. The van der Waals surface area contributed by atoms with Crippen molar-refractivity contribution in [3.63, 3.8) is 0 Å². The Morgan fingerprint density at radius 2 is 2.22 bits per heavy atom. The van der Waals surface area contributed by atoms with Gasteiger partial charge in [0, 0.05) is 0 Å². The van der Waals surface area contributed by atoms with Gasteiger partial charge in [-0.1, -0.05) is 0 Å². The van der Waals surface area contributed by atoms with Gasteiger partial charge in [-0.2, -0.15) is 0 Å². The van der Waals surface area contributed by atoms with Crippen molar-refractivity contribution in [3.8, 4) is 0 Å². The first-order chi connectivity index (χ1) is 8.40. The van der Waals surface area contributed by atoms with E-state index in [9.17, 15) is 28.1 Å². The van der Waals surface area contributed by atoms with Gasteiger partial charge in [-0.15, -0.1) is 0 Å². The average Bonchev–Trinajstić information content (AvgIpc) is 2.27. The Morgan fingerprint density at radius 1 is 1.61 bits per heavy atom. The van der Waals surface area contributed by atoms with Gasteiger partial charge < -0.3 is 4.74 Å². The molecular formula is C9H7F3N2O4. The predicted molar refractivity (Wildman–Crippen MR) is 51.8 cm³/mol. The van der Waals surface area contributed by atoms with Crippen molar-refractivity contribution in [1.82, 2.24) is 4.98 Å². The fraction of sp³-hybridized carbons (Fsp3) is 0.333. The summed E-state index contributed by atoms with van der Waals surface area (Å²) in [5, 5.41) is 10.7. The summed E-state index contributed by atoms with van der Waals surface area (Å²) in [7, 11) is 0. The lowest BCUT2D eigenvalue weighted by Crippen LogP contribution is -2.13. The molecule has 0 aliphatic rings. The number of alkyl halides is 2. The summed E-state index contributed by atoms with van der Waals surface area (Å²) in [6, 6.07) is 0. The summed E-state index contributed by atoms with van der Waals surface area (Å²) in [6.45, 7) is 1.29. The first kappa shape index (κ1) is 13.9. The van der Waals surface area contributed by atoms with E-state index in [-0.39, 0.29) is 6.61 Å². The van der Waals surface area contributed by atoms with Gasteiger partial charge in [0.05, 0.1) is 17.7 Å². The number of aromatic nitrogens is 1. The quantitative estimate of drug-likeness (QED) is 0.473. The Balaban J connectivity index is 3.49. The molecule has 0 aliphatic carbocycles. The highest BCUT2D eigenvalue weighted by atomic mass is 19.3. The third-order valence-electron chi connectivity index (χ3n) is 1.91. The third kappa shape index (κ3) is 2.55. The highest BCUT2D eigenvalue weighted by Crippen LogP contribution is 2.33. The number of hydrogen-bond acceptors (Lipinski definition) is 5. The largest absolute Gasteiger partial charge is 0.461 e. The number of esters is 1. The maximum atomic E-state index is 13.1. The van der Waals surface area contributed by atoms with Crippen molar-refractivity contribution < 1.29 is 27.6 Å². The van der Waals surface area contributed by atoms with E-state index in [1.807, 2.05) is 0 Å². The highest BCUT2D eigenvalue weighted by molar-refractivity contribution is 5.92. The molecule has 1 rings (SSSR count). The monoisotopic (exact) mass is 264 g/mol. The second-order valence-corrected chi connectivity index (χ2v) is 3.00. The fourth-order valence-corrected chi connectivity index (χ4v) is 1.23. The number of halogens is 3. The molecule has 0 bridgehead atoms. The van der Waals surface area contributed by atoms with Gasteiger partial charge in [0.25, 0.3) is 6.43 Å². The van der Waals surface area contributed by atoms with Crippen LogP contribution in [0.5, 0.6) is 0 Å². The van der Waals surface area contributed by atoms with Crippen LogP contribution in [0.25, 0.3) is 0 Å². The van der Waals surface area contributed by atoms with Crippen LogP contribution in [0.15, 0.2) is 6.20 Å². The van der Waals surface area contributed by atoms with Gasteiger partial charge in [0.15, 0.2) is 5.82 Å². The smallest absolute Gasteiger partial charge is 0.364 e. The molecule has 0 N–H and O–H groups in total. The summed E-state index contributed by atoms with van der Waals surface area (Å²) < 4.78 is 42.6. The van der Waals surface area contributed by atoms with Gasteiger partial charge >= 0.3 is 11.7 Å². The molecule has 0 aromatic carbocycles. The van der Waals surface area contributed by atoms with E-state index in [1.165, 1.54) is 6.92 Å². The number of carbonyl (C=O) groups excluding carboxylic acids is 1. The number of pyridine rings is 1. The van der Waals surface area contributed by atoms with E-state index in [4.69, 9.17) is 0 Å². The van der Waals surface area contributed by atoms with Crippen LogP contribution in [0, 0.1) is 15.9 Å². The van der Waals surface area contributed by atoms with E-state index in [0.29, 0.717) is 6.20 Å². The van der Waals surface area contributed by atoms with E-state index >= 15 is 0 Å². The predicted octanol–water partition coefficient (Wildman–Crippen LogP) is 2.24. The Labute approximate surface area is 98.5 Å². The lowest BCUT2D eigenvalue weighted by Gasteiger charge is -2.06. The molecule has 0 spiro atoms. The zero-order chi connectivity index (χ0) is 13.9. The third-order valence-corrected chi connectivity index (χ3v) is 1.91. The molecule has 1 aromatic heterocycles. The molecule has 9 heteroatoms. The SMILES string of the molecule is CCOC(=O)c1ncc(F)c(C(F)F)c1[N+](=O)[O-]. The van der Waals surface area contributed by atoms with Crippen LogP contribution in [0.3, 0.4) is 0 Å². The lowest BCUT2D eigenvalue weighted by molar-refractivity contribution is -0.387. The highest BCUT2D eigenvalue weighted by Gasteiger charge is 2.34. The average molecular weight is 264 g/mol. The zero-order valence-corrected chi connectivity index (χ0v) is 9.02. The standard InChI is InChI=1S/C9H7F3N2O4/c1-2-18-9(15)6-7(14(16)17)5(8(11)12)4(10)3-13-6/h3,8H,2H2,1H3. The molecule has 0 aliphatic heterocycles. The van der Waals surface area contributed by atoms with Crippen molar-refractivity contribution in [2.45, 2.75) is 13.3 Å². The zero-order valence-electron chi connectivity index (χ0n) is 9.02.